The predicted octanol–water partition coefficient (Wildman–Crippen LogP) is 1.02. The van der Waals surface area contributed by atoms with Crippen LogP contribution in [0.4, 0.5) is 0 Å². The van der Waals surface area contributed by atoms with Crippen LogP contribution in [0, 0.1) is 0 Å². The standard InChI is InChI=1S/C10H12N2OS/c1-12(2)10(13)8-5-3-7(4-6-8)9(11)14/h3-6H,1-2H3,(H2,11,14). The zero-order valence-electron chi connectivity index (χ0n) is 8.15. The average molecular weight is 208 g/mol. The summed E-state index contributed by atoms with van der Waals surface area (Å²) >= 11 is 4.81. The minimum atomic E-state index is -0.0283. The Balaban J connectivity index is 2.94. The number of hydrogen-bond acceptors (Lipinski definition) is 2. The van der Waals surface area contributed by atoms with Crippen molar-refractivity contribution in [1.29, 1.82) is 0 Å². The second kappa shape index (κ2) is 4.19. The number of nitrogens with zero attached hydrogens (tertiary/aromatic N) is 1. The molecule has 0 aliphatic heterocycles. The Morgan fingerprint density at radius 2 is 1.64 bits per heavy atom. The smallest absolute Gasteiger partial charge is 0.253 e. The Bertz CT molecular complexity index is 357. The van der Waals surface area contributed by atoms with Crippen molar-refractivity contribution >= 4 is 23.1 Å². The van der Waals surface area contributed by atoms with Gasteiger partial charge in [-0.15, -0.1) is 0 Å². The Labute approximate surface area is 88.5 Å². The van der Waals surface area contributed by atoms with Crippen molar-refractivity contribution in [3.8, 4) is 0 Å². The zero-order valence-corrected chi connectivity index (χ0v) is 8.97. The molecule has 1 amide bonds. The van der Waals surface area contributed by atoms with Crippen molar-refractivity contribution in [1.82, 2.24) is 4.90 Å². The van der Waals surface area contributed by atoms with Crippen LogP contribution in [-0.2, 0) is 0 Å². The number of nitrogens with two attached hydrogens (primary N) is 1. The van der Waals surface area contributed by atoms with Gasteiger partial charge in [0, 0.05) is 25.2 Å². The lowest BCUT2D eigenvalue weighted by molar-refractivity contribution is 0.0827. The van der Waals surface area contributed by atoms with E-state index in [0.29, 0.717) is 10.6 Å². The summed E-state index contributed by atoms with van der Waals surface area (Å²) < 4.78 is 0. The quantitative estimate of drug-likeness (QED) is 0.738. The van der Waals surface area contributed by atoms with Gasteiger partial charge in [0.2, 0.25) is 0 Å². The van der Waals surface area contributed by atoms with Crippen LogP contribution in [-0.4, -0.2) is 29.9 Å². The highest BCUT2D eigenvalue weighted by molar-refractivity contribution is 7.80. The van der Waals surface area contributed by atoms with Gasteiger partial charge in [-0.2, -0.15) is 0 Å². The molecule has 0 heterocycles. The molecule has 0 bridgehead atoms. The minimum absolute atomic E-state index is 0.0283. The van der Waals surface area contributed by atoms with Crippen LogP contribution in [0.1, 0.15) is 15.9 Å². The van der Waals surface area contributed by atoms with E-state index in [1.165, 1.54) is 4.90 Å². The second-order valence-corrected chi connectivity index (χ2v) is 3.58. The van der Waals surface area contributed by atoms with E-state index in [9.17, 15) is 4.79 Å². The monoisotopic (exact) mass is 208 g/mol. The summed E-state index contributed by atoms with van der Waals surface area (Å²) in [5.41, 5.74) is 6.84. The first-order valence-electron chi connectivity index (χ1n) is 4.14. The summed E-state index contributed by atoms with van der Waals surface area (Å²) in [7, 11) is 3.42. The molecule has 1 rings (SSSR count). The number of hydrogen-bond donors (Lipinski definition) is 1. The molecule has 3 nitrogen and oxygen atoms in total. The number of amides is 1. The maximum atomic E-state index is 11.5. The molecule has 0 saturated heterocycles. The lowest BCUT2D eigenvalue weighted by atomic mass is 10.1. The number of carbonyl (C=O) groups is 1. The second-order valence-electron chi connectivity index (χ2n) is 3.14. The number of thiocarbonyl (C=S) groups is 1. The average Bonchev–Trinajstić information content (AvgIpc) is 2.16. The molecule has 0 aliphatic carbocycles. The van der Waals surface area contributed by atoms with Crippen LogP contribution < -0.4 is 5.73 Å². The van der Waals surface area contributed by atoms with Crippen LogP contribution in [0.2, 0.25) is 0 Å². The fourth-order valence-electron chi connectivity index (χ4n) is 1.04. The summed E-state index contributed by atoms with van der Waals surface area (Å²) in [6, 6.07) is 6.94. The molecular formula is C10H12N2OS. The molecule has 0 aromatic heterocycles. The molecule has 4 heteroatoms. The SMILES string of the molecule is CN(C)C(=O)c1ccc(C(N)=S)cc1. The Morgan fingerprint density at radius 3 is 2.00 bits per heavy atom. The highest BCUT2D eigenvalue weighted by Crippen LogP contribution is 2.06. The Morgan fingerprint density at radius 1 is 1.21 bits per heavy atom. The van der Waals surface area contributed by atoms with E-state index in [-0.39, 0.29) is 5.91 Å². The summed E-state index contributed by atoms with van der Waals surface area (Å²) in [5.74, 6) is -0.0283. The maximum Gasteiger partial charge on any atom is 0.253 e. The third-order valence-electron chi connectivity index (χ3n) is 1.82. The van der Waals surface area contributed by atoms with Gasteiger partial charge in [0.1, 0.15) is 4.99 Å². The molecular weight excluding hydrogens is 196 g/mol. The van der Waals surface area contributed by atoms with E-state index >= 15 is 0 Å². The van der Waals surface area contributed by atoms with Crippen molar-refractivity contribution in [3.63, 3.8) is 0 Å². The first-order chi connectivity index (χ1) is 6.52. The maximum absolute atomic E-state index is 11.5. The van der Waals surface area contributed by atoms with Crippen molar-refractivity contribution in [2.75, 3.05) is 14.1 Å². The van der Waals surface area contributed by atoms with Gasteiger partial charge in [-0.3, -0.25) is 4.79 Å². The summed E-state index contributed by atoms with van der Waals surface area (Å²) in [6.07, 6.45) is 0. The van der Waals surface area contributed by atoms with E-state index in [4.69, 9.17) is 18.0 Å². The van der Waals surface area contributed by atoms with Gasteiger partial charge in [-0.1, -0.05) is 24.4 Å². The highest BCUT2D eigenvalue weighted by Gasteiger charge is 2.07. The number of rotatable bonds is 2. The molecule has 0 spiro atoms. The predicted molar refractivity (Wildman–Crippen MR) is 60.3 cm³/mol. The largest absolute Gasteiger partial charge is 0.389 e. The first kappa shape index (κ1) is 10.7. The fourth-order valence-corrected chi connectivity index (χ4v) is 1.17. The number of carbonyl (C=O) groups excluding carboxylic acids is 1. The van der Waals surface area contributed by atoms with E-state index in [2.05, 4.69) is 0 Å². The lowest BCUT2D eigenvalue weighted by Crippen LogP contribution is -2.21. The zero-order chi connectivity index (χ0) is 10.7. The molecule has 2 N–H and O–H groups in total. The lowest BCUT2D eigenvalue weighted by Gasteiger charge is -2.10. The molecule has 0 atom stereocenters. The normalized spacial score (nSPS) is 9.57. The molecule has 1 aromatic rings. The first-order valence-corrected chi connectivity index (χ1v) is 4.54. The van der Waals surface area contributed by atoms with E-state index in [1.807, 2.05) is 0 Å². The molecule has 0 unspecified atom stereocenters. The van der Waals surface area contributed by atoms with Gasteiger partial charge in [-0.05, 0) is 12.1 Å². The fraction of sp³-hybridized carbons (Fsp3) is 0.200. The van der Waals surface area contributed by atoms with Gasteiger partial charge in [0.15, 0.2) is 0 Å². The highest BCUT2D eigenvalue weighted by atomic mass is 32.1. The molecule has 14 heavy (non-hydrogen) atoms. The van der Waals surface area contributed by atoms with Crippen LogP contribution in [0.5, 0.6) is 0 Å². The van der Waals surface area contributed by atoms with E-state index in [1.54, 1.807) is 38.4 Å². The molecule has 0 fully saturated rings. The van der Waals surface area contributed by atoms with Gasteiger partial charge in [-0.25, -0.2) is 0 Å². The molecule has 0 aliphatic rings. The van der Waals surface area contributed by atoms with Gasteiger partial charge in [0.25, 0.3) is 5.91 Å². The van der Waals surface area contributed by atoms with E-state index in [0.717, 1.165) is 5.56 Å². The van der Waals surface area contributed by atoms with Gasteiger partial charge in [0.05, 0.1) is 0 Å². The molecule has 1 aromatic carbocycles. The Kier molecular flexibility index (Phi) is 3.19. The third kappa shape index (κ3) is 2.29. The van der Waals surface area contributed by atoms with Crippen LogP contribution >= 0.6 is 12.2 Å². The third-order valence-corrected chi connectivity index (χ3v) is 2.06. The minimum Gasteiger partial charge on any atom is -0.389 e. The summed E-state index contributed by atoms with van der Waals surface area (Å²) in [4.78, 5) is 13.4. The van der Waals surface area contributed by atoms with Gasteiger partial charge >= 0.3 is 0 Å². The van der Waals surface area contributed by atoms with Gasteiger partial charge < -0.3 is 10.6 Å². The van der Waals surface area contributed by atoms with Crippen molar-refractivity contribution in [2.24, 2.45) is 5.73 Å². The topological polar surface area (TPSA) is 46.3 Å². The molecule has 0 radical (unpaired) electrons. The summed E-state index contributed by atoms with van der Waals surface area (Å²) in [6.45, 7) is 0. The van der Waals surface area contributed by atoms with Crippen molar-refractivity contribution < 1.29 is 4.79 Å². The van der Waals surface area contributed by atoms with Crippen LogP contribution in [0.15, 0.2) is 24.3 Å². The number of benzene rings is 1. The Hall–Kier alpha value is -1.42. The van der Waals surface area contributed by atoms with Crippen molar-refractivity contribution in [3.05, 3.63) is 35.4 Å². The van der Waals surface area contributed by atoms with Crippen LogP contribution in [0.25, 0.3) is 0 Å². The molecule has 74 valence electrons. The van der Waals surface area contributed by atoms with Crippen molar-refractivity contribution in [2.45, 2.75) is 0 Å². The summed E-state index contributed by atoms with van der Waals surface area (Å²) in [5, 5.41) is 0. The van der Waals surface area contributed by atoms with Crippen LogP contribution in [0.3, 0.4) is 0 Å². The van der Waals surface area contributed by atoms with E-state index < -0.39 is 0 Å². The molecule has 0 saturated carbocycles.